The quantitative estimate of drug-likeness (QED) is 0.630. The zero-order chi connectivity index (χ0) is 20.7. The Labute approximate surface area is 183 Å². The molecule has 2 bridgehead atoms. The van der Waals surface area contributed by atoms with Gasteiger partial charge in [-0.25, -0.2) is 19.9 Å². The Morgan fingerprint density at radius 1 is 1.10 bits per heavy atom. The lowest BCUT2D eigenvalue weighted by atomic mass is 9.95. The summed E-state index contributed by atoms with van der Waals surface area (Å²) in [5.41, 5.74) is 2.48. The van der Waals surface area contributed by atoms with E-state index in [4.69, 9.17) is 0 Å². The first-order chi connectivity index (χ1) is 14.6. The van der Waals surface area contributed by atoms with Crippen molar-refractivity contribution >= 4 is 27.7 Å². The van der Waals surface area contributed by atoms with Crippen molar-refractivity contribution in [1.29, 1.82) is 0 Å². The number of benzene rings is 1. The molecule has 1 amide bonds. The molecule has 7 nitrogen and oxygen atoms in total. The molecule has 3 unspecified atom stereocenters. The summed E-state index contributed by atoms with van der Waals surface area (Å²) in [6.07, 6.45) is 9.75. The number of aromatic nitrogens is 4. The maximum atomic E-state index is 13.7. The van der Waals surface area contributed by atoms with Crippen LogP contribution in [-0.4, -0.2) is 48.9 Å². The van der Waals surface area contributed by atoms with Crippen LogP contribution in [0.3, 0.4) is 0 Å². The molecule has 5 rings (SSSR count). The summed E-state index contributed by atoms with van der Waals surface area (Å²) in [6.45, 7) is 2.00. The van der Waals surface area contributed by atoms with Gasteiger partial charge in [-0.15, -0.1) is 0 Å². The Morgan fingerprint density at radius 3 is 2.70 bits per heavy atom. The van der Waals surface area contributed by atoms with Crippen LogP contribution in [0.25, 0.3) is 11.4 Å². The van der Waals surface area contributed by atoms with Gasteiger partial charge in [0.2, 0.25) is 0 Å². The van der Waals surface area contributed by atoms with Crippen LogP contribution in [0.15, 0.2) is 53.7 Å². The number of nitrogens with one attached hydrogen (secondary N) is 1. The predicted molar refractivity (Wildman–Crippen MR) is 117 cm³/mol. The summed E-state index contributed by atoms with van der Waals surface area (Å²) in [5.74, 6) is 1.38. The third kappa shape index (κ3) is 3.35. The molecule has 2 aliphatic heterocycles. The highest BCUT2D eigenvalue weighted by atomic mass is 79.9. The minimum absolute atomic E-state index is 0.0554. The van der Waals surface area contributed by atoms with E-state index in [2.05, 4.69) is 46.1 Å². The molecule has 3 atom stereocenters. The minimum Gasteiger partial charge on any atom is -0.364 e. The number of anilines is 1. The Kier molecular flexibility index (Phi) is 4.94. The number of hydrogen-bond donors (Lipinski definition) is 1. The van der Waals surface area contributed by atoms with Gasteiger partial charge in [0, 0.05) is 24.0 Å². The van der Waals surface area contributed by atoms with Crippen LogP contribution in [0.4, 0.5) is 5.82 Å². The number of rotatable bonds is 4. The van der Waals surface area contributed by atoms with Crippen molar-refractivity contribution in [2.45, 2.75) is 44.3 Å². The smallest absolute Gasteiger partial charge is 0.255 e. The van der Waals surface area contributed by atoms with E-state index < -0.39 is 0 Å². The Morgan fingerprint density at radius 2 is 1.93 bits per heavy atom. The fraction of sp³-hybridized carbons (Fsp3) is 0.318. The predicted octanol–water partition coefficient (Wildman–Crippen LogP) is 3.86. The minimum atomic E-state index is 0.0554. The van der Waals surface area contributed by atoms with Crippen LogP contribution in [0.5, 0.6) is 0 Å². The number of halogens is 1. The van der Waals surface area contributed by atoms with Crippen molar-refractivity contribution in [2.24, 2.45) is 0 Å². The molecule has 8 heteroatoms. The van der Waals surface area contributed by atoms with Gasteiger partial charge in [0.15, 0.2) is 5.82 Å². The van der Waals surface area contributed by atoms with Crippen molar-refractivity contribution in [3.05, 3.63) is 64.8 Å². The SMILES string of the molecule is Cc1cccc(C(=O)N2C3CCC2C(Nc2cnc(Br)cn2)C3)c1-c1ncccn1. The molecule has 0 aliphatic carbocycles. The normalized spacial score (nSPS) is 22.3. The Bertz CT molecular complexity index is 1070. The van der Waals surface area contributed by atoms with E-state index in [1.807, 2.05) is 25.1 Å². The number of aryl methyl sites for hydroxylation is 1. The lowest BCUT2D eigenvalue weighted by Crippen LogP contribution is -2.40. The number of hydrogen-bond acceptors (Lipinski definition) is 6. The molecular weight excluding hydrogens is 444 g/mol. The first kappa shape index (κ1) is 19.1. The van der Waals surface area contributed by atoms with Crippen molar-refractivity contribution < 1.29 is 4.79 Å². The second-order valence-electron chi connectivity index (χ2n) is 7.79. The molecule has 152 valence electrons. The average molecular weight is 465 g/mol. The number of amides is 1. The van der Waals surface area contributed by atoms with Gasteiger partial charge in [0.1, 0.15) is 10.4 Å². The standard InChI is InChI=1S/C22H21BrN6O/c1-13-4-2-5-15(20(13)21-24-8-3-9-25-21)22(30)29-14-6-7-17(29)16(10-14)28-19-12-26-18(23)11-27-19/h2-5,8-9,11-12,14,16-17H,6-7,10H2,1H3,(H,27,28). The van der Waals surface area contributed by atoms with Crippen molar-refractivity contribution in [3.63, 3.8) is 0 Å². The average Bonchev–Trinajstić information content (AvgIpc) is 3.33. The summed E-state index contributed by atoms with van der Waals surface area (Å²) in [6, 6.07) is 8.14. The second kappa shape index (κ2) is 7.75. The lowest BCUT2D eigenvalue weighted by Gasteiger charge is -2.26. The molecule has 1 N–H and O–H groups in total. The van der Waals surface area contributed by atoms with E-state index in [9.17, 15) is 4.79 Å². The summed E-state index contributed by atoms with van der Waals surface area (Å²) in [7, 11) is 0. The molecule has 0 radical (unpaired) electrons. The molecule has 2 fully saturated rings. The molecule has 2 aromatic heterocycles. The fourth-order valence-electron chi connectivity index (χ4n) is 4.75. The zero-order valence-electron chi connectivity index (χ0n) is 16.5. The largest absolute Gasteiger partial charge is 0.364 e. The molecule has 4 heterocycles. The van der Waals surface area contributed by atoms with Gasteiger partial charge < -0.3 is 10.2 Å². The van der Waals surface area contributed by atoms with E-state index >= 15 is 0 Å². The first-order valence-electron chi connectivity index (χ1n) is 10.1. The topological polar surface area (TPSA) is 83.9 Å². The fourth-order valence-corrected chi connectivity index (χ4v) is 4.95. The van der Waals surface area contributed by atoms with Gasteiger partial charge in [-0.3, -0.25) is 4.79 Å². The van der Waals surface area contributed by atoms with E-state index in [1.54, 1.807) is 30.9 Å². The van der Waals surface area contributed by atoms with Crippen LogP contribution in [0.1, 0.15) is 35.2 Å². The molecule has 3 aromatic rings. The monoisotopic (exact) mass is 464 g/mol. The summed E-state index contributed by atoms with van der Waals surface area (Å²) >= 11 is 3.31. The molecule has 0 saturated carbocycles. The maximum Gasteiger partial charge on any atom is 0.255 e. The van der Waals surface area contributed by atoms with E-state index in [1.165, 1.54) is 0 Å². The van der Waals surface area contributed by atoms with Crippen LogP contribution in [0.2, 0.25) is 0 Å². The highest BCUT2D eigenvalue weighted by Crippen LogP contribution is 2.41. The van der Waals surface area contributed by atoms with Gasteiger partial charge in [-0.1, -0.05) is 12.1 Å². The van der Waals surface area contributed by atoms with Gasteiger partial charge in [0.25, 0.3) is 5.91 Å². The van der Waals surface area contributed by atoms with Gasteiger partial charge in [0.05, 0.1) is 30.0 Å². The maximum absolute atomic E-state index is 13.7. The van der Waals surface area contributed by atoms with Crippen molar-refractivity contribution in [3.8, 4) is 11.4 Å². The third-order valence-electron chi connectivity index (χ3n) is 6.02. The molecule has 2 saturated heterocycles. The molecule has 2 aliphatic rings. The van der Waals surface area contributed by atoms with Crippen LogP contribution in [0, 0.1) is 6.92 Å². The Hall–Kier alpha value is -2.87. The van der Waals surface area contributed by atoms with Crippen LogP contribution in [-0.2, 0) is 0 Å². The number of nitrogens with zero attached hydrogens (tertiary/aromatic N) is 5. The summed E-state index contributed by atoms with van der Waals surface area (Å²) in [4.78, 5) is 33.2. The van der Waals surface area contributed by atoms with E-state index in [0.29, 0.717) is 16.0 Å². The van der Waals surface area contributed by atoms with Gasteiger partial charge in [-0.05, 0) is 59.8 Å². The molecule has 30 heavy (non-hydrogen) atoms. The van der Waals surface area contributed by atoms with Gasteiger partial charge in [-0.2, -0.15) is 0 Å². The third-order valence-corrected chi connectivity index (χ3v) is 6.43. The van der Waals surface area contributed by atoms with Crippen LogP contribution < -0.4 is 5.32 Å². The van der Waals surface area contributed by atoms with E-state index in [0.717, 1.165) is 36.2 Å². The first-order valence-corrected chi connectivity index (χ1v) is 10.8. The number of fused-ring (bicyclic) bond motifs is 2. The molecule has 1 aromatic carbocycles. The zero-order valence-corrected chi connectivity index (χ0v) is 18.1. The van der Waals surface area contributed by atoms with Crippen molar-refractivity contribution in [2.75, 3.05) is 5.32 Å². The highest BCUT2D eigenvalue weighted by molar-refractivity contribution is 9.10. The second-order valence-corrected chi connectivity index (χ2v) is 8.60. The number of carbonyl (C=O) groups excluding carboxylic acids is 1. The molecule has 0 spiro atoms. The summed E-state index contributed by atoms with van der Waals surface area (Å²) < 4.78 is 0.702. The highest BCUT2D eigenvalue weighted by Gasteiger charge is 2.49. The summed E-state index contributed by atoms with van der Waals surface area (Å²) in [5, 5.41) is 3.48. The number of carbonyl (C=O) groups is 1. The molecular formula is C22H21BrN6O. The van der Waals surface area contributed by atoms with Crippen LogP contribution >= 0.6 is 15.9 Å². The van der Waals surface area contributed by atoms with Gasteiger partial charge >= 0.3 is 0 Å². The lowest BCUT2D eigenvalue weighted by molar-refractivity contribution is 0.0728. The van der Waals surface area contributed by atoms with E-state index in [-0.39, 0.29) is 24.0 Å². The van der Waals surface area contributed by atoms with Crippen molar-refractivity contribution in [1.82, 2.24) is 24.8 Å². The Balaban J connectivity index is 1.44.